The van der Waals surface area contributed by atoms with Crippen molar-refractivity contribution in [1.29, 1.82) is 0 Å². The molecule has 0 unspecified atom stereocenters. The minimum atomic E-state index is 0.592. The van der Waals surface area contributed by atoms with Gasteiger partial charge in [0.1, 0.15) is 12.4 Å². The Balaban J connectivity index is 1.90. The van der Waals surface area contributed by atoms with Gasteiger partial charge in [-0.05, 0) is 30.7 Å². The van der Waals surface area contributed by atoms with Gasteiger partial charge in [0.05, 0.1) is 11.2 Å². The summed E-state index contributed by atoms with van der Waals surface area (Å²) in [7, 11) is 2.10. The maximum Gasteiger partial charge on any atom is 0.128 e. The molecular weight excluding hydrogens is 234 g/mol. The molecule has 1 heterocycles. The third-order valence-electron chi connectivity index (χ3n) is 3.49. The number of rotatable bonds is 3. The summed E-state index contributed by atoms with van der Waals surface area (Å²) >= 11 is 0. The Morgan fingerprint density at radius 1 is 1.00 bits per heavy atom. The molecular formula is C17H17NO. The highest BCUT2D eigenvalue weighted by molar-refractivity contribution is 5.84. The van der Waals surface area contributed by atoms with Crippen LogP contribution in [0.2, 0.25) is 0 Å². The van der Waals surface area contributed by atoms with E-state index in [0.717, 1.165) is 5.75 Å². The zero-order valence-corrected chi connectivity index (χ0v) is 11.3. The van der Waals surface area contributed by atoms with Gasteiger partial charge < -0.3 is 9.30 Å². The molecule has 3 rings (SSSR count). The van der Waals surface area contributed by atoms with Gasteiger partial charge in [0.15, 0.2) is 0 Å². The molecule has 0 fully saturated rings. The first-order chi connectivity index (χ1) is 9.25. The van der Waals surface area contributed by atoms with Gasteiger partial charge in [0.2, 0.25) is 0 Å². The smallest absolute Gasteiger partial charge is 0.128 e. The summed E-state index contributed by atoms with van der Waals surface area (Å²) in [6, 6.07) is 18.5. The number of ether oxygens (including phenoxy) is 1. The zero-order valence-electron chi connectivity index (χ0n) is 11.3. The minimum absolute atomic E-state index is 0.592. The molecule has 0 aliphatic rings. The first kappa shape index (κ1) is 11.8. The lowest BCUT2D eigenvalue weighted by Crippen LogP contribution is -2.02. The molecule has 2 aromatic carbocycles. The number of para-hydroxylation sites is 2. The first-order valence-corrected chi connectivity index (χ1v) is 6.47. The van der Waals surface area contributed by atoms with Gasteiger partial charge in [0.25, 0.3) is 0 Å². The van der Waals surface area contributed by atoms with E-state index in [0.29, 0.717) is 6.61 Å². The van der Waals surface area contributed by atoms with Crippen molar-refractivity contribution in [2.45, 2.75) is 13.5 Å². The summed E-state index contributed by atoms with van der Waals surface area (Å²) in [5.41, 5.74) is 3.77. The topological polar surface area (TPSA) is 14.2 Å². The summed E-state index contributed by atoms with van der Waals surface area (Å²) in [6.45, 7) is 2.73. The van der Waals surface area contributed by atoms with Crippen molar-refractivity contribution in [3.63, 3.8) is 0 Å². The Hall–Kier alpha value is -2.22. The van der Waals surface area contributed by atoms with E-state index in [-0.39, 0.29) is 0 Å². The zero-order chi connectivity index (χ0) is 13.2. The second kappa shape index (κ2) is 4.81. The van der Waals surface area contributed by atoms with Crippen LogP contribution in [0.5, 0.6) is 5.75 Å². The van der Waals surface area contributed by atoms with Crippen molar-refractivity contribution in [2.24, 2.45) is 7.05 Å². The summed E-state index contributed by atoms with van der Waals surface area (Å²) in [6.07, 6.45) is 0. The van der Waals surface area contributed by atoms with Crippen LogP contribution in [0.25, 0.3) is 10.9 Å². The molecule has 0 aliphatic carbocycles. The molecule has 0 N–H and O–H groups in total. The Morgan fingerprint density at radius 2 is 1.79 bits per heavy atom. The van der Waals surface area contributed by atoms with Crippen molar-refractivity contribution >= 4 is 10.9 Å². The summed E-state index contributed by atoms with van der Waals surface area (Å²) in [5, 5.41) is 1.27. The molecule has 0 atom stereocenters. The molecule has 0 saturated carbocycles. The third kappa shape index (κ3) is 2.22. The number of aryl methyl sites for hydroxylation is 2. The fourth-order valence-electron chi connectivity index (χ4n) is 2.49. The van der Waals surface area contributed by atoms with Crippen LogP contribution in [0.3, 0.4) is 0 Å². The van der Waals surface area contributed by atoms with Crippen LogP contribution in [-0.4, -0.2) is 4.57 Å². The quantitative estimate of drug-likeness (QED) is 0.684. The van der Waals surface area contributed by atoms with E-state index < -0.39 is 0 Å². The molecule has 0 bridgehead atoms. The molecule has 3 aromatic rings. The highest BCUT2D eigenvalue weighted by Gasteiger charge is 2.07. The van der Waals surface area contributed by atoms with Crippen LogP contribution in [0.4, 0.5) is 0 Å². The van der Waals surface area contributed by atoms with E-state index in [4.69, 9.17) is 4.74 Å². The summed E-state index contributed by atoms with van der Waals surface area (Å²) in [4.78, 5) is 0. The number of nitrogens with zero attached hydrogens (tertiary/aromatic N) is 1. The SMILES string of the molecule is Cc1cccc2cc(COc3ccccc3)n(C)c12. The number of benzene rings is 2. The Kier molecular flexibility index (Phi) is 3.00. The van der Waals surface area contributed by atoms with Crippen molar-refractivity contribution in [3.05, 3.63) is 65.9 Å². The van der Waals surface area contributed by atoms with Gasteiger partial charge in [-0.3, -0.25) is 0 Å². The fraction of sp³-hybridized carbons (Fsp3) is 0.176. The van der Waals surface area contributed by atoms with Crippen molar-refractivity contribution < 1.29 is 4.74 Å². The number of hydrogen-bond donors (Lipinski definition) is 0. The van der Waals surface area contributed by atoms with E-state index in [9.17, 15) is 0 Å². The maximum absolute atomic E-state index is 5.82. The molecule has 0 radical (unpaired) electrons. The van der Waals surface area contributed by atoms with Crippen molar-refractivity contribution in [1.82, 2.24) is 4.57 Å². The molecule has 0 saturated heterocycles. The van der Waals surface area contributed by atoms with Gasteiger partial charge in [-0.25, -0.2) is 0 Å². The van der Waals surface area contributed by atoms with E-state index in [2.05, 4.69) is 42.8 Å². The van der Waals surface area contributed by atoms with Crippen LogP contribution in [0, 0.1) is 6.92 Å². The molecule has 96 valence electrons. The molecule has 1 aromatic heterocycles. The van der Waals surface area contributed by atoms with Crippen LogP contribution in [-0.2, 0) is 13.7 Å². The third-order valence-corrected chi connectivity index (χ3v) is 3.49. The van der Waals surface area contributed by atoms with Crippen LogP contribution < -0.4 is 4.74 Å². The van der Waals surface area contributed by atoms with Gasteiger partial charge in [-0.2, -0.15) is 0 Å². The van der Waals surface area contributed by atoms with Gasteiger partial charge in [-0.15, -0.1) is 0 Å². The monoisotopic (exact) mass is 251 g/mol. The summed E-state index contributed by atoms with van der Waals surface area (Å²) in [5.74, 6) is 0.907. The molecule has 0 amide bonds. The van der Waals surface area contributed by atoms with Crippen molar-refractivity contribution in [3.8, 4) is 5.75 Å². The predicted octanol–water partition coefficient (Wildman–Crippen LogP) is 4.07. The largest absolute Gasteiger partial charge is 0.487 e. The predicted molar refractivity (Wildman–Crippen MR) is 78.4 cm³/mol. The van der Waals surface area contributed by atoms with Gasteiger partial charge in [0, 0.05) is 12.4 Å². The second-order valence-corrected chi connectivity index (χ2v) is 4.81. The van der Waals surface area contributed by atoms with E-state index in [1.165, 1.54) is 22.2 Å². The van der Waals surface area contributed by atoms with Gasteiger partial charge >= 0.3 is 0 Å². The highest BCUT2D eigenvalue weighted by atomic mass is 16.5. The molecule has 0 spiro atoms. The Morgan fingerprint density at radius 3 is 2.53 bits per heavy atom. The summed E-state index contributed by atoms with van der Waals surface area (Å²) < 4.78 is 8.04. The van der Waals surface area contributed by atoms with E-state index >= 15 is 0 Å². The van der Waals surface area contributed by atoms with E-state index in [1.54, 1.807) is 0 Å². The lowest BCUT2D eigenvalue weighted by molar-refractivity contribution is 0.298. The van der Waals surface area contributed by atoms with Crippen LogP contribution in [0.15, 0.2) is 54.6 Å². The second-order valence-electron chi connectivity index (χ2n) is 4.81. The van der Waals surface area contributed by atoms with Crippen LogP contribution in [0.1, 0.15) is 11.3 Å². The molecule has 2 nitrogen and oxygen atoms in total. The van der Waals surface area contributed by atoms with Gasteiger partial charge in [-0.1, -0.05) is 36.4 Å². The Labute approximate surface area is 113 Å². The van der Waals surface area contributed by atoms with Crippen LogP contribution >= 0.6 is 0 Å². The normalized spacial score (nSPS) is 10.8. The lowest BCUT2D eigenvalue weighted by atomic mass is 10.2. The average Bonchev–Trinajstić information content (AvgIpc) is 2.76. The number of aromatic nitrogens is 1. The Bertz CT molecular complexity index is 698. The molecule has 19 heavy (non-hydrogen) atoms. The fourth-order valence-corrected chi connectivity index (χ4v) is 2.49. The number of fused-ring (bicyclic) bond motifs is 1. The first-order valence-electron chi connectivity index (χ1n) is 6.47. The molecule has 0 aliphatic heterocycles. The highest BCUT2D eigenvalue weighted by Crippen LogP contribution is 2.23. The number of hydrogen-bond acceptors (Lipinski definition) is 1. The maximum atomic E-state index is 5.82. The minimum Gasteiger partial charge on any atom is -0.487 e. The average molecular weight is 251 g/mol. The van der Waals surface area contributed by atoms with E-state index in [1.807, 2.05) is 30.3 Å². The standard InChI is InChI=1S/C17H17NO/c1-13-7-6-8-14-11-15(18(2)17(13)14)12-19-16-9-4-3-5-10-16/h3-11H,12H2,1-2H3. The lowest BCUT2D eigenvalue weighted by Gasteiger charge is -2.08. The molecule has 2 heteroatoms. The van der Waals surface area contributed by atoms with Crippen molar-refractivity contribution in [2.75, 3.05) is 0 Å².